The van der Waals surface area contributed by atoms with Gasteiger partial charge >= 0.3 is 0 Å². The first-order chi connectivity index (χ1) is 7.65. The van der Waals surface area contributed by atoms with Gasteiger partial charge in [0, 0.05) is 25.4 Å². The molecule has 4 nitrogen and oxygen atoms in total. The molecule has 0 aromatic heterocycles. The summed E-state index contributed by atoms with van der Waals surface area (Å²) in [6.07, 6.45) is 10.0. The molecule has 1 fully saturated rings. The van der Waals surface area contributed by atoms with Crippen LogP contribution in [-0.2, 0) is 0 Å². The minimum Gasteiger partial charge on any atom is -0.409 e. The average molecular weight is 223 g/mol. The number of hydrogen-bond donors (Lipinski definition) is 3. The maximum absolute atomic E-state index is 8.55. The van der Waals surface area contributed by atoms with E-state index in [2.05, 4.69) is 23.3 Å². The predicted molar refractivity (Wildman–Crippen MR) is 65.2 cm³/mol. The molecule has 1 atom stereocenters. The van der Waals surface area contributed by atoms with E-state index in [0.29, 0.717) is 18.3 Å². The van der Waals surface area contributed by atoms with Gasteiger partial charge in [-0.2, -0.15) is 0 Å². The van der Waals surface area contributed by atoms with Crippen molar-refractivity contribution >= 4 is 5.84 Å². The summed E-state index contributed by atoms with van der Waals surface area (Å²) in [4.78, 5) is 0. The Labute approximate surface area is 97.3 Å². The van der Waals surface area contributed by atoms with Crippen molar-refractivity contribution < 1.29 is 5.21 Å². The first-order valence-electron chi connectivity index (χ1n) is 5.79. The molecule has 1 aliphatic carbocycles. The Kier molecular flexibility index (Phi) is 4.63. The normalized spacial score (nSPS) is 20.1. The fourth-order valence-electron chi connectivity index (χ4n) is 1.88. The number of nitrogens with one attached hydrogen (secondary N) is 1. The summed E-state index contributed by atoms with van der Waals surface area (Å²) >= 11 is 0. The number of nitrogens with zero attached hydrogens (tertiary/aromatic N) is 1. The molecule has 0 aliphatic heterocycles. The van der Waals surface area contributed by atoms with E-state index in [1.807, 2.05) is 0 Å². The monoisotopic (exact) mass is 223 g/mol. The SMILES string of the molecule is C#CCC(CC)NCC1(CC(N)=NO)CC1. The van der Waals surface area contributed by atoms with Crippen molar-refractivity contribution in [2.45, 2.75) is 45.1 Å². The van der Waals surface area contributed by atoms with Crippen LogP contribution in [0.25, 0.3) is 0 Å². The minimum atomic E-state index is 0.207. The van der Waals surface area contributed by atoms with Crippen LogP contribution in [0, 0.1) is 17.8 Å². The lowest BCUT2D eigenvalue weighted by Crippen LogP contribution is -2.35. The summed E-state index contributed by atoms with van der Waals surface area (Å²) in [6, 6.07) is 0.384. The molecule has 4 heteroatoms. The number of terminal acetylenes is 1. The summed E-state index contributed by atoms with van der Waals surface area (Å²) < 4.78 is 0. The van der Waals surface area contributed by atoms with Gasteiger partial charge in [0.1, 0.15) is 5.84 Å². The highest BCUT2D eigenvalue weighted by molar-refractivity contribution is 5.80. The lowest BCUT2D eigenvalue weighted by Gasteiger charge is -2.20. The molecule has 0 radical (unpaired) electrons. The number of nitrogens with two attached hydrogens (primary N) is 1. The zero-order chi connectivity index (χ0) is 12.0. The van der Waals surface area contributed by atoms with Crippen LogP contribution in [0.4, 0.5) is 0 Å². The molecule has 1 unspecified atom stereocenters. The minimum absolute atomic E-state index is 0.207. The molecule has 16 heavy (non-hydrogen) atoms. The Morgan fingerprint density at radius 1 is 1.69 bits per heavy atom. The largest absolute Gasteiger partial charge is 0.409 e. The molecule has 1 rings (SSSR count). The van der Waals surface area contributed by atoms with Crippen LogP contribution < -0.4 is 11.1 Å². The molecule has 0 aromatic carbocycles. The summed E-state index contributed by atoms with van der Waals surface area (Å²) in [6.45, 7) is 3.03. The maximum atomic E-state index is 8.55. The summed E-state index contributed by atoms with van der Waals surface area (Å²) in [5, 5.41) is 15.0. The zero-order valence-corrected chi connectivity index (χ0v) is 9.87. The Hall–Kier alpha value is -1.21. The molecule has 0 bridgehead atoms. The summed E-state index contributed by atoms with van der Waals surface area (Å²) in [5.41, 5.74) is 5.74. The Morgan fingerprint density at radius 3 is 2.81 bits per heavy atom. The van der Waals surface area contributed by atoms with Crippen molar-refractivity contribution in [3.63, 3.8) is 0 Å². The molecular weight excluding hydrogens is 202 g/mol. The van der Waals surface area contributed by atoms with E-state index in [1.165, 1.54) is 0 Å². The number of hydrogen-bond acceptors (Lipinski definition) is 3. The third-order valence-electron chi connectivity index (χ3n) is 3.26. The quantitative estimate of drug-likeness (QED) is 0.200. The molecule has 0 saturated heterocycles. The van der Waals surface area contributed by atoms with Gasteiger partial charge in [-0.25, -0.2) is 0 Å². The molecule has 0 heterocycles. The van der Waals surface area contributed by atoms with Crippen molar-refractivity contribution in [1.29, 1.82) is 0 Å². The lowest BCUT2D eigenvalue weighted by atomic mass is 10.0. The van der Waals surface area contributed by atoms with Gasteiger partial charge in [0.05, 0.1) is 0 Å². The van der Waals surface area contributed by atoms with Crippen LogP contribution in [0.2, 0.25) is 0 Å². The highest BCUT2D eigenvalue weighted by Gasteiger charge is 2.43. The number of rotatable bonds is 7. The maximum Gasteiger partial charge on any atom is 0.139 e. The van der Waals surface area contributed by atoms with E-state index < -0.39 is 0 Å². The van der Waals surface area contributed by atoms with Crippen molar-refractivity contribution in [2.24, 2.45) is 16.3 Å². The van der Waals surface area contributed by atoms with Crippen LogP contribution in [0.5, 0.6) is 0 Å². The summed E-state index contributed by atoms with van der Waals surface area (Å²) in [5.74, 6) is 3.00. The van der Waals surface area contributed by atoms with Crippen molar-refractivity contribution in [3.8, 4) is 12.3 Å². The average Bonchev–Trinajstić information content (AvgIpc) is 3.04. The molecule has 1 saturated carbocycles. The van der Waals surface area contributed by atoms with Gasteiger partial charge in [-0.1, -0.05) is 12.1 Å². The predicted octanol–water partition coefficient (Wildman–Crippen LogP) is 1.29. The standard InChI is InChI=1S/C12H21N3O/c1-3-5-10(4-2)14-9-12(6-7-12)8-11(13)15-16/h1,10,14,16H,4-9H2,2H3,(H2,13,15). The van der Waals surface area contributed by atoms with Crippen molar-refractivity contribution in [3.05, 3.63) is 0 Å². The second kappa shape index (κ2) is 5.76. The zero-order valence-electron chi connectivity index (χ0n) is 9.87. The van der Waals surface area contributed by atoms with Gasteiger partial charge in [0.2, 0.25) is 0 Å². The Morgan fingerprint density at radius 2 is 2.38 bits per heavy atom. The third-order valence-corrected chi connectivity index (χ3v) is 3.26. The van der Waals surface area contributed by atoms with Gasteiger partial charge in [-0.15, -0.1) is 12.3 Å². The second-order valence-corrected chi connectivity index (χ2v) is 4.66. The Bertz CT molecular complexity index is 289. The van der Waals surface area contributed by atoms with Crippen LogP contribution in [0.1, 0.15) is 39.0 Å². The van der Waals surface area contributed by atoms with E-state index in [4.69, 9.17) is 17.4 Å². The van der Waals surface area contributed by atoms with Gasteiger partial charge in [0.25, 0.3) is 0 Å². The molecule has 0 amide bonds. The first kappa shape index (κ1) is 12.9. The molecule has 0 aromatic rings. The fourth-order valence-corrected chi connectivity index (χ4v) is 1.88. The van der Waals surface area contributed by atoms with E-state index in [1.54, 1.807) is 0 Å². The lowest BCUT2D eigenvalue weighted by molar-refractivity contribution is 0.313. The van der Waals surface area contributed by atoms with E-state index >= 15 is 0 Å². The van der Waals surface area contributed by atoms with Crippen molar-refractivity contribution in [1.82, 2.24) is 5.32 Å². The third kappa shape index (κ3) is 3.74. The van der Waals surface area contributed by atoms with E-state index in [0.717, 1.165) is 32.2 Å². The van der Waals surface area contributed by atoms with Gasteiger partial charge in [-0.05, 0) is 24.7 Å². The van der Waals surface area contributed by atoms with Crippen LogP contribution in [0.15, 0.2) is 5.16 Å². The topological polar surface area (TPSA) is 70.6 Å². The molecule has 0 spiro atoms. The van der Waals surface area contributed by atoms with Gasteiger partial charge in [-0.3, -0.25) is 0 Å². The van der Waals surface area contributed by atoms with Crippen molar-refractivity contribution in [2.75, 3.05) is 6.54 Å². The molecule has 4 N–H and O–H groups in total. The fraction of sp³-hybridized carbons (Fsp3) is 0.750. The molecule has 90 valence electrons. The number of amidine groups is 1. The summed E-state index contributed by atoms with van der Waals surface area (Å²) in [7, 11) is 0. The second-order valence-electron chi connectivity index (χ2n) is 4.66. The smallest absolute Gasteiger partial charge is 0.139 e. The first-order valence-corrected chi connectivity index (χ1v) is 5.79. The Balaban J connectivity index is 2.34. The van der Waals surface area contributed by atoms with Crippen LogP contribution in [-0.4, -0.2) is 23.6 Å². The highest BCUT2D eigenvalue weighted by atomic mass is 16.4. The van der Waals surface area contributed by atoms with Crippen LogP contribution >= 0.6 is 0 Å². The number of oxime groups is 1. The molecule has 1 aliphatic rings. The van der Waals surface area contributed by atoms with Gasteiger partial charge < -0.3 is 16.3 Å². The van der Waals surface area contributed by atoms with Crippen LogP contribution in [0.3, 0.4) is 0 Å². The van der Waals surface area contributed by atoms with Gasteiger partial charge in [0.15, 0.2) is 0 Å². The van der Waals surface area contributed by atoms with E-state index in [-0.39, 0.29) is 5.41 Å². The van der Waals surface area contributed by atoms with E-state index in [9.17, 15) is 0 Å². The molecular formula is C12H21N3O. The highest BCUT2D eigenvalue weighted by Crippen LogP contribution is 2.48.